The molecule has 3 nitrogen and oxygen atoms in total. The molecule has 1 aromatic rings. The second-order valence-electron chi connectivity index (χ2n) is 4.02. The van der Waals surface area contributed by atoms with Gasteiger partial charge in [-0.15, -0.1) is 0 Å². The van der Waals surface area contributed by atoms with E-state index in [1.165, 1.54) is 4.90 Å². The number of benzene rings is 1. The van der Waals surface area contributed by atoms with Crippen molar-refractivity contribution < 1.29 is 9.90 Å². The summed E-state index contributed by atoms with van der Waals surface area (Å²) in [5.41, 5.74) is 0.601. The Labute approximate surface area is 96.7 Å². The van der Waals surface area contributed by atoms with Crippen LogP contribution < -0.4 is 0 Å². The maximum absolute atomic E-state index is 11.2. The van der Waals surface area contributed by atoms with E-state index in [1.54, 1.807) is 0 Å². The molecule has 0 aromatic heterocycles. The molecule has 0 bridgehead atoms. The summed E-state index contributed by atoms with van der Waals surface area (Å²) in [7, 11) is 0. The van der Waals surface area contributed by atoms with Crippen LogP contribution >= 0.6 is 0 Å². The van der Waals surface area contributed by atoms with E-state index in [9.17, 15) is 9.90 Å². The molecule has 0 fully saturated rings. The molecule has 0 heterocycles. The van der Waals surface area contributed by atoms with Gasteiger partial charge in [-0.1, -0.05) is 37.3 Å². The number of rotatable bonds is 4. The van der Waals surface area contributed by atoms with Crippen LogP contribution in [0.15, 0.2) is 30.3 Å². The first-order chi connectivity index (χ1) is 7.56. The van der Waals surface area contributed by atoms with Crippen LogP contribution in [-0.2, 0) is 5.54 Å². The molecule has 0 saturated heterocycles. The molecule has 1 rings (SSSR count). The molecule has 0 spiro atoms. The van der Waals surface area contributed by atoms with Crippen molar-refractivity contribution in [1.82, 2.24) is 4.90 Å². The first-order valence-corrected chi connectivity index (χ1v) is 5.62. The van der Waals surface area contributed by atoms with Gasteiger partial charge in [0.15, 0.2) is 0 Å². The van der Waals surface area contributed by atoms with E-state index in [2.05, 4.69) is 0 Å². The lowest BCUT2D eigenvalue weighted by Gasteiger charge is -2.38. The first kappa shape index (κ1) is 12.6. The maximum atomic E-state index is 11.2. The average molecular weight is 221 g/mol. The monoisotopic (exact) mass is 221 g/mol. The van der Waals surface area contributed by atoms with E-state index in [0.717, 1.165) is 12.0 Å². The van der Waals surface area contributed by atoms with E-state index >= 15 is 0 Å². The summed E-state index contributed by atoms with van der Waals surface area (Å²) in [6.45, 7) is 6.35. The molecule has 1 amide bonds. The van der Waals surface area contributed by atoms with E-state index in [0.29, 0.717) is 6.54 Å². The van der Waals surface area contributed by atoms with Crippen LogP contribution in [0.4, 0.5) is 4.79 Å². The molecule has 16 heavy (non-hydrogen) atoms. The lowest BCUT2D eigenvalue weighted by atomic mass is 9.87. The van der Waals surface area contributed by atoms with Crippen molar-refractivity contribution in [3.63, 3.8) is 0 Å². The van der Waals surface area contributed by atoms with Crippen molar-refractivity contribution in [1.29, 1.82) is 0 Å². The van der Waals surface area contributed by atoms with E-state index in [-0.39, 0.29) is 0 Å². The zero-order valence-corrected chi connectivity index (χ0v) is 10.1. The molecule has 0 aliphatic carbocycles. The van der Waals surface area contributed by atoms with E-state index in [1.807, 2.05) is 51.1 Å². The van der Waals surface area contributed by atoms with Gasteiger partial charge in [0.2, 0.25) is 0 Å². The molecule has 0 aliphatic heterocycles. The fourth-order valence-corrected chi connectivity index (χ4v) is 2.04. The van der Waals surface area contributed by atoms with Gasteiger partial charge in [0.1, 0.15) is 0 Å². The standard InChI is InChI=1S/C13H19NO2/c1-4-13(3,14(5-2)12(15)16)11-9-7-6-8-10-11/h6-10H,4-5H2,1-3H3,(H,15,16). The Balaban J connectivity index is 3.15. The summed E-state index contributed by atoms with van der Waals surface area (Å²) in [6.07, 6.45) is -0.104. The van der Waals surface area contributed by atoms with Crippen LogP contribution in [-0.4, -0.2) is 22.6 Å². The molecular weight excluding hydrogens is 202 g/mol. The van der Waals surface area contributed by atoms with Gasteiger partial charge in [-0.3, -0.25) is 4.90 Å². The number of hydrogen-bond acceptors (Lipinski definition) is 1. The quantitative estimate of drug-likeness (QED) is 0.847. The Morgan fingerprint density at radius 1 is 1.31 bits per heavy atom. The summed E-state index contributed by atoms with van der Waals surface area (Å²) in [4.78, 5) is 12.7. The van der Waals surface area contributed by atoms with Crippen molar-refractivity contribution >= 4 is 6.09 Å². The van der Waals surface area contributed by atoms with E-state index < -0.39 is 11.6 Å². The minimum atomic E-state index is -0.865. The number of carboxylic acid groups (broad SMARTS) is 1. The van der Waals surface area contributed by atoms with Gasteiger partial charge >= 0.3 is 6.09 Å². The lowest BCUT2D eigenvalue weighted by Crippen LogP contribution is -2.46. The second kappa shape index (κ2) is 5.01. The van der Waals surface area contributed by atoms with Gasteiger partial charge < -0.3 is 5.11 Å². The number of nitrogens with zero attached hydrogens (tertiary/aromatic N) is 1. The highest BCUT2D eigenvalue weighted by Crippen LogP contribution is 2.31. The zero-order valence-electron chi connectivity index (χ0n) is 10.1. The summed E-state index contributed by atoms with van der Waals surface area (Å²) in [5.74, 6) is 0. The SMILES string of the molecule is CCN(C(=O)O)C(C)(CC)c1ccccc1. The van der Waals surface area contributed by atoms with Crippen LogP contribution in [0.2, 0.25) is 0 Å². The van der Waals surface area contributed by atoms with Crippen LogP contribution in [0.5, 0.6) is 0 Å². The Hall–Kier alpha value is -1.51. The Bertz CT molecular complexity index is 350. The van der Waals surface area contributed by atoms with Gasteiger partial charge in [0, 0.05) is 6.54 Å². The minimum absolute atomic E-state index is 0.443. The third kappa shape index (κ3) is 2.18. The first-order valence-electron chi connectivity index (χ1n) is 5.62. The normalized spacial score (nSPS) is 14.2. The van der Waals surface area contributed by atoms with Crippen molar-refractivity contribution in [3.8, 4) is 0 Å². The third-order valence-electron chi connectivity index (χ3n) is 3.23. The third-order valence-corrected chi connectivity index (χ3v) is 3.23. The van der Waals surface area contributed by atoms with Crippen molar-refractivity contribution in [2.45, 2.75) is 32.7 Å². The topological polar surface area (TPSA) is 40.5 Å². The molecule has 0 aliphatic rings. The second-order valence-corrected chi connectivity index (χ2v) is 4.02. The van der Waals surface area contributed by atoms with Gasteiger partial charge in [-0.2, -0.15) is 0 Å². The highest BCUT2D eigenvalue weighted by atomic mass is 16.4. The Morgan fingerprint density at radius 3 is 2.25 bits per heavy atom. The lowest BCUT2D eigenvalue weighted by molar-refractivity contribution is 0.0835. The van der Waals surface area contributed by atoms with Crippen molar-refractivity contribution in [3.05, 3.63) is 35.9 Å². The number of hydrogen-bond donors (Lipinski definition) is 1. The van der Waals surface area contributed by atoms with E-state index in [4.69, 9.17) is 0 Å². The van der Waals surface area contributed by atoms with Crippen LogP contribution in [0.3, 0.4) is 0 Å². The summed E-state index contributed by atoms with van der Waals surface area (Å²) in [5, 5.41) is 9.23. The Morgan fingerprint density at radius 2 is 1.88 bits per heavy atom. The van der Waals surface area contributed by atoms with Crippen LogP contribution in [0.1, 0.15) is 32.8 Å². The van der Waals surface area contributed by atoms with Gasteiger partial charge in [-0.25, -0.2) is 4.79 Å². The highest BCUT2D eigenvalue weighted by molar-refractivity contribution is 5.66. The number of amides is 1. The molecular formula is C13H19NO2. The van der Waals surface area contributed by atoms with Crippen molar-refractivity contribution in [2.24, 2.45) is 0 Å². The fraction of sp³-hybridized carbons (Fsp3) is 0.462. The smallest absolute Gasteiger partial charge is 0.408 e. The molecule has 88 valence electrons. The molecule has 1 N–H and O–H groups in total. The molecule has 0 saturated carbocycles. The van der Waals surface area contributed by atoms with Crippen molar-refractivity contribution in [2.75, 3.05) is 6.54 Å². The molecule has 1 atom stereocenters. The zero-order chi connectivity index (χ0) is 12.2. The van der Waals surface area contributed by atoms with Gasteiger partial charge in [-0.05, 0) is 25.8 Å². The number of carbonyl (C=O) groups is 1. The average Bonchev–Trinajstić information content (AvgIpc) is 2.30. The summed E-state index contributed by atoms with van der Waals surface area (Å²) < 4.78 is 0. The summed E-state index contributed by atoms with van der Waals surface area (Å²) >= 11 is 0. The predicted molar refractivity (Wildman–Crippen MR) is 64.5 cm³/mol. The predicted octanol–water partition coefficient (Wildman–Crippen LogP) is 3.31. The van der Waals surface area contributed by atoms with Gasteiger partial charge in [0.05, 0.1) is 5.54 Å². The molecule has 0 radical (unpaired) electrons. The summed E-state index contributed by atoms with van der Waals surface area (Å²) in [6, 6.07) is 9.79. The molecule has 1 aromatic carbocycles. The maximum Gasteiger partial charge on any atom is 0.408 e. The largest absolute Gasteiger partial charge is 0.465 e. The highest BCUT2D eigenvalue weighted by Gasteiger charge is 2.34. The fourth-order valence-electron chi connectivity index (χ4n) is 2.04. The van der Waals surface area contributed by atoms with Gasteiger partial charge in [0.25, 0.3) is 0 Å². The van der Waals surface area contributed by atoms with Crippen LogP contribution in [0.25, 0.3) is 0 Å². The molecule has 1 unspecified atom stereocenters. The minimum Gasteiger partial charge on any atom is -0.465 e. The Kier molecular flexibility index (Phi) is 3.93. The van der Waals surface area contributed by atoms with Crippen LogP contribution in [0, 0.1) is 0 Å². The molecule has 3 heteroatoms.